The predicted molar refractivity (Wildman–Crippen MR) is 82.5 cm³/mol. The van der Waals surface area contributed by atoms with Crippen molar-refractivity contribution in [2.24, 2.45) is 0 Å². The molecule has 0 aliphatic carbocycles. The van der Waals surface area contributed by atoms with Gasteiger partial charge in [-0.25, -0.2) is 4.39 Å². The molecule has 0 spiro atoms. The van der Waals surface area contributed by atoms with Crippen LogP contribution in [0.15, 0.2) is 53.0 Å². The van der Waals surface area contributed by atoms with Crippen LogP contribution in [0.2, 0.25) is 0 Å². The zero-order chi connectivity index (χ0) is 15.2. The Labute approximate surface area is 131 Å². The Hall–Kier alpha value is -1.88. The van der Waals surface area contributed by atoms with E-state index in [1.807, 2.05) is 18.2 Å². The summed E-state index contributed by atoms with van der Waals surface area (Å²) in [6, 6.07) is 13.8. The second kappa shape index (κ2) is 7.22. The van der Waals surface area contributed by atoms with Gasteiger partial charge in [-0.05, 0) is 30.3 Å². The summed E-state index contributed by atoms with van der Waals surface area (Å²) in [7, 11) is 1.62. The summed E-state index contributed by atoms with van der Waals surface area (Å²) in [5.74, 6) is 0.0907. The van der Waals surface area contributed by atoms with Gasteiger partial charge >= 0.3 is 0 Å². The number of rotatable bonds is 5. The number of hydrogen-bond donors (Lipinski definition) is 0. The molecule has 1 amide bonds. The maximum Gasteiger partial charge on any atom is 0.260 e. The number of hydrogen-bond acceptors (Lipinski definition) is 2. The van der Waals surface area contributed by atoms with Crippen molar-refractivity contribution in [1.82, 2.24) is 4.90 Å². The largest absolute Gasteiger partial charge is 0.484 e. The first kappa shape index (κ1) is 15.5. The van der Waals surface area contributed by atoms with E-state index in [0.29, 0.717) is 11.3 Å². The summed E-state index contributed by atoms with van der Waals surface area (Å²) < 4.78 is 19.8. The third kappa shape index (κ3) is 4.56. The zero-order valence-electron chi connectivity index (χ0n) is 11.6. The minimum Gasteiger partial charge on any atom is -0.484 e. The molecule has 0 atom stereocenters. The van der Waals surface area contributed by atoms with E-state index in [1.54, 1.807) is 31.3 Å². The predicted octanol–water partition coefficient (Wildman–Crippen LogP) is 3.63. The van der Waals surface area contributed by atoms with Gasteiger partial charge < -0.3 is 9.64 Å². The van der Waals surface area contributed by atoms with Crippen LogP contribution >= 0.6 is 15.9 Å². The molecule has 0 aliphatic rings. The molecule has 0 radical (unpaired) electrons. The van der Waals surface area contributed by atoms with Gasteiger partial charge in [0.15, 0.2) is 6.61 Å². The third-order valence-electron chi connectivity index (χ3n) is 2.95. The lowest BCUT2D eigenvalue weighted by atomic mass is 10.2. The molecule has 0 heterocycles. The van der Waals surface area contributed by atoms with E-state index in [4.69, 9.17) is 4.74 Å². The Morgan fingerprint density at radius 1 is 1.24 bits per heavy atom. The summed E-state index contributed by atoms with van der Waals surface area (Å²) in [4.78, 5) is 13.4. The van der Waals surface area contributed by atoms with Gasteiger partial charge in [0, 0.05) is 23.6 Å². The molecule has 3 nitrogen and oxygen atoms in total. The molecule has 21 heavy (non-hydrogen) atoms. The number of halogens is 2. The molecular weight excluding hydrogens is 337 g/mol. The van der Waals surface area contributed by atoms with Crippen LogP contribution in [0.4, 0.5) is 4.39 Å². The van der Waals surface area contributed by atoms with Crippen molar-refractivity contribution in [3.63, 3.8) is 0 Å². The monoisotopic (exact) mass is 351 g/mol. The first-order valence-electron chi connectivity index (χ1n) is 6.42. The number of carbonyl (C=O) groups excluding carboxylic acids is 1. The lowest BCUT2D eigenvalue weighted by molar-refractivity contribution is -0.132. The minimum absolute atomic E-state index is 0.0733. The summed E-state index contributed by atoms with van der Waals surface area (Å²) in [6.07, 6.45) is 0. The smallest absolute Gasteiger partial charge is 0.260 e. The highest BCUT2D eigenvalue weighted by molar-refractivity contribution is 9.10. The second-order valence-corrected chi connectivity index (χ2v) is 5.50. The van der Waals surface area contributed by atoms with Gasteiger partial charge in [-0.3, -0.25) is 4.79 Å². The number of likely N-dealkylation sites (N-methyl/N-ethyl adjacent to an activating group) is 1. The first-order chi connectivity index (χ1) is 10.1. The Kier molecular flexibility index (Phi) is 5.33. The zero-order valence-corrected chi connectivity index (χ0v) is 13.1. The average Bonchev–Trinajstić information content (AvgIpc) is 2.49. The fraction of sp³-hybridized carbons (Fsp3) is 0.188. The van der Waals surface area contributed by atoms with Crippen molar-refractivity contribution < 1.29 is 13.9 Å². The van der Waals surface area contributed by atoms with E-state index >= 15 is 0 Å². The van der Waals surface area contributed by atoms with E-state index in [1.165, 1.54) is 11.0 Å². The molecule has 0 aromatic heterocycles. The number of carbonyl (C=O) groups is 1. The Morgan fingerprint density at radius 3 is 2.67 bits per heavy atom. The highest BCUT2D eigenvalue weighted by Gasteiger charge is 2.12. The minimum atomic E-state index is -0.332. The van der Waals surface area contributed by atoms with Crippen molar-refractivity contribution in [2.45, 2.75) is 6.54 Å². The molecule has 2 rings (SSSR count). The fourth-order valence-corrected chi connectivity index (χ4v) is 2.19. The molecule has 0 saturated carbocycles. The van der Waals surface area contributed by atoms with E-state index in [-0.39, 0.29) is 24.9 Å². The molecule has 2 aromatic carbocycles. The Bertz CT molecular complexity index is 619. The highest BCUT2D eigenvalue weighted by Crippen LogP contribution is 2.17. The van der Waals surface area contributed by atoms with Crippen LogP contribution < -0.4 is 4.74 Å². The average molecular weight is 352 g/mol. The lowest BCUT2D eigenvalue weighted by Gasteiger charge is -2.18. The van der Waals surface area contributed by atoms with Gasteiger partial charge in [0.05, 0.1) is 0 Å². The molecule has 0 N–H and O–H groups in total. The quantitative estimate of drug-likeness (QED) is 0.823. The number of amides is 1. The van der Waals surface area contributed by atoms with E-state index in [0.717, 1.165) is 4.47 Å². The highest BCUT2D eigenvalue weighted by atomic mass is 79.9. The van der Waals surface area contributed by atoms with Crippen molar-refractivity contribution >= 4 is 21.8 Å². The maximum atomic E-state index is 13.7. The molecular formula is C16H15BrFNO2. The summed E-state index contributed by atoms with van der Waals surface area (Å²) in [5, 5.41) is 0. The molecule has 0 aliphatic heterocycles. The summed E-state index contributed by atoms with van der Waals surface area (Å²) >= 11 is 3.29. The van der Waals surface area contributed by atoms with Gasteiger partial charge in [0.2, 0.25) is 0 Å². The summed E-state index contributed by atoms with van der Waals surface area (Å²) in [5.41, 5.74) is 0.458. The molecule has 0 bridgehead atoms. The maximum absolute atomic E-state index is 13.7. The number of nitrogens with zero attached hydrogens (tertiary/aromatic N) is 1. The molecule has 2 aromatic rings. The fourth-order valence-electron chi connectivity index (χ4n) is 1.78. The summed E-state index contributed by atoms with van der Waals surface area (Å²) in [6.45, 7) is 0.123. The lowest BCUT2D eigenvalue weighted by Crippen LogP contribution is -2.31. The first-order valence-corrected chi connectivity index (χ1v) is 7.21. The molecule has 0 fully saturated rings. The number of ether oxygens (including phenoxy) is 1. The number of benzene rings is 2. The van der Waals surface area contributed by atoms with Gasteiger partial charge in [-0.1, -0.05) is 34.1 Å². The van der Waals surface area contributed by atoms with Crippen LogP contribution in [0.3, 0.4) is 0 Å². The molecule has 0 saturated heterocycles. The van der Waals surface area contributed by atoms with Gasteiger partial charge in [0.25, 0.3) is 5.91 Å². The van der Waals surface area contributed by atoms with Gasteiger partial charge in [-0.2, -0.15) is 0 Å². The van der Waals surface area contributed by atoms with Gasteiger partial charge in [0.1, 0.15) is 11.6 Å². The molecule has 5 heteroatoms. The van der Waals surface area contributed by atoms with Crippen LogP contribution in [0.1, 0.15) is 5.56 Å². The van der Waals surface area contributed by atoms with E-state index in [9.17, 15) is 9.18 Å². The van der Waals surface area contributed by atoms with Crippen LogP contribution in [-0.2, 0) is 11.3 Å². The third-order valence-corrected chi connectivity index (χ3v) is 3.44. The van der Waals surface area contributed by atoms with Crippen molar-refractivity contribution in [3.8, 4) is 5.75 Å². The van der Waals surface area contributed by atoms with Crippen molar-refractivity contribution in [3.05, 3.63) is 64.4 Å². The van der Waals surface area contributed by atoms with Crippen LogP contribution in [-0.4, -0.2) is 24.5 Å². The SMILES string of the molecule is CN(Cc1cc(Br)ccc1F)C(=O)COc1ccccc1. The molecule has 110 valence electrons. The van der Waals surface area contributed by atoms with Crippen molar-refractivity contribution in [1.29, 1.82) is 0 Å². The van der Waals surface area contributed by atoms with Crippen LogP contribution in [0.25, 0.3) is 0 Å². The Balaban J connectivity index is 1.92. The normalized spacial score (nSPS) is 10.2. The molecule has 0 unspecified atom stereocenters. The van der Waals surface area contributed by atoms with Crippen molar-refractivity contribution in [2.75, 3.05) is 13.7 Å². The van der Waals surface area contributed by atoms with Crippen LogP contribution in [0, 0.1) is 5.82 Å². The van der Waals surface area contributed by atoms with Crippen LogP contribution in [0.5, 0.6) is 5.75 Å². The van der Waals surface area contributed by atoms with Gasteiger partial charge in [-0.15, -0.1) is 0 Å². The van der Waals surface area contributed by atoms with E-state index in [2.05, 4.69) is 15.9 Å². The van der Waals surface area contributed by atoms with E-state index < -0.39 is 0 Å². The Morgan fingerprint density at radius 2 is 1.95 bits per heavy atom. The standard InChI is InChI=1S/C16H15BrFNO2/c1-19(10-12-9-13(17)7-8-15(12)18)16(20)11-21-14-5-3-2-4-6-14/h2-9H,10-11H2,1H3. The number of para-hydroxylation sites is 1. The second-order valence-electron chi connectivity index (χ2n) is 4.59. The topological polar surface area (TPSA) is 29.5 Å².